The van der Waals surface area contributed by atoms with Gasteiger partial charge in [0.25, 0.3) is 0 Å². The molecule has 5 rings (SSSR count). The van der Waals surface area contributed by atoms with Crippen molar-refractivity contribution < 1.29 is 148 Å². The lowest BCUT2D eigenvalue weighted by atomic mass is 9.83. The van der Waals surface area contributed by atoms with Crippen LogP contribution in [0.4, 0.5) is 52.7 Å². The second kappa shape index (κ2) is 43.9. The highest BCUT2D eigenvalue weighted by Crippen LogP contribution is 2.31. The third-order valence-electron chi connectivity index (χ3n) is 13.5. The van der Waals surface area contributed by atoms with Gasteiger partial charge in [-0.3, -0.25) is 0 Å². The molecule has 20 nitrogen and oxygen atoms in total. The molecule has 0 aromatic heterocycles. The molecule has 0 spiro atoms. The first-order valence-corrected chi connectivity index (χ1v) is 30.8. The normalized spacial score (nSPS) is 16.8. The van der Waals surface area contributed by atoms with Gasteiger partial charge in [0.05, 0.1) is 145 Å². The van der Waals surface area contributed by atoms with Gasteiger partial charge in [0, 0.05) is 0 Å². The van der Waals surface area contributed by atoms with Crippen LogP contribution < -0.4 is 18.9 Å². The molecule has 1 saturated carbocycles. The Balaban J connectivity index is 0.966. The summed E-state index contributed by atoms with van der Waals surface area (Å²) in [6, 6.07) is 20.8. The van der Waals surface area contributed by atoms with Gasteiger partial charge in [-0.25, -0.2) is 0 Å². The molecule has 0 amide bonds. The van der Waals surface area contributed by atoms with E-state index in [1.54, 1.807) is 13.8 Å². The summed E-state index contributed by atoms with van der Waals surface area (Å²) in [5.41, 5.74) is 2.32. The fourth-order valence-corrected chi connectivity index (χ4v) is 9.01. The molecule has 6 atom stereocenters. The van der Waals surface area contributed by atoms with E-state index in [1.807, 2.05) is 0 Å². The average Bonchev–Trinajstić information content (AvgIpc) is 1.56. The smallest absolute Gasteiger partial charge is 0.406 e. The Hall–Kier alpha value is -5.40. The van der Waals surface area contributed by atoms with Crippen LogP contribution in [0.2, 0.25) is 0 Å². The summed E-state index contributed by atoms with van der Waals surface area (Å²) >= 11 is 0. The van der Waals surface area contributed by atoms with E-state index in [4.69, 9.17) is 66.3 Å². The summed E-state index contributed by atoms with van der Waals surface area (Å²) < 4.78 is 247. The predicted octanol–water partition coefficient (Wildman–Crippen LogP) is 11.6. The van der Waals surface area contributed by atoms with Crippen LogP contribution in [-0.2, 0) is 92.7 Å². The number of benzene rings is 4. The fraction of sp³-hybridized carbons (Fsp3) is 0.625. The van der Waals surface area contributed by atoms with Crippen LogP contribution in [0.25, 0.3) is 0 Å². The summed E-state index contributed by atoms with van der Waals surface area (Å²) in [5.74, 6) is -1.02. The standard InChI is InChI=1S/C64H84F12O20/c1-45(91-59(43-87-33-49-11-19-57(20-12-49)95-63(71,72)73)41-83-29-25-79-23-27-81-37-53(77)39-85-31-47-7-15-55(16-8-47)93-61(65,66)67)89-35-51-3-5-52(6-4-51)36-90-46(2)92-60(44-88-34-50-13-21-58(22-14-50)96-64(74,75)76)42-84-30-26-80-24-28-82-38-54(78)40-86-32-48-9-17-56(18-10-48)94-62(68,69)70/h7-22,45-46,51-54,59-60,77-78H,3-6,23-44H2,1-2H3. The lowest BCUT2D eigenvalue weighted by molar-refractivity contribution is -0.275. The van der Waals surface area contributed by atoms with Crippen molar-refractivity contribution >= 4 is 0 Å². The Kier molecular flexibility index (Phi) is 37.2. The van der Waals surface area contributed by atoms with E-state index >= 15 is 0 Å². The number of hydrogen-bond acceptors (Lipinski definition) is 20. The summed E-state index contributed by atoms with van der Waals surface area (Å²) in [7, 11) is 0. The maximum absolute atomic E-state index is 12.7. The first-order valence-electron chi connectivity index (χ1n) is 30.8. The van der Waals surface area contributed by atoms with Gasteiger partial charge >= 0.3 is 25.4 Å². The maximum atomic E-state index is 12.7. The van der Waals surface area contributed by atoms with Gasteiger partial charge in [-0.05, 0) is 122 Å². The minimum atomic E-state index is -4.84. The Morgan fingerprint density at radius 3 is 0.802 bits per heavy atom. The Morgan fingerprint density at radius 1 is 0.323 bits per heavy atom. The molecule has 1 aliphatic rings. The fourth-order valence-electron chi connectivity index (χ4n) is 9.01. The van der Waals surface area contributed by atoms with Gasteiger partial charge in [0.1, 0.15) is 47.4 Å². The van der Waals surface area contributed by atoms with Gasteiger partial charge in [-0.2, -0.15) is 0 Å². The predicted molar refractivity (Wildman–Crippen MR) is 314 cm³/mol. The zero-order valence-corrected chi connectivity index (χ0v) is 53.0. The van der Waals surface area contributed by atoms with Crippen molar-refractivity contribution in [3.8, 4) is 23.0 Å². The number of hydrogen-bond donors (Lipinski definition) is 2. The van der Waals surface area contributed by atoms with E-state index in [-0.39, 0.29) is 167 Å². The van der Waals surface area contributed by atoms with Crippen LogP contribution >= 0.6 is 0 Å². The highest BCUT2D eigenvalue weighted by molar-refractivity contribution is 5.29. The second-order valence-corrected chi connectivity index (χ2v) is 21.9. The Bertz CT molecular complexity index is 2440. The van der Waals surface area contributed by atoms with Crippen molar-refractivity contribution in [3.05, 3.63) is 119 Å². The van der Waals surface area contributed by atoms with Crippen LogP contribution in [0.15, 0.2) is 97.1 Å². The minimum Gasteiger partial charge on any atom is -0.406 e. The molecule has 4 aromatic rings. The molecule has 0 heterocycles. The topological polar surface area (TPSA) is 207 Å². The molecular weight excluding hydrogens is 1320 g/mol. The number of aliphatic hydroxyl groups excluding tert-OH is 2. The third kappa shape index (κ3) is 39.9. The summed E-state index contributed by atoms with van der Waals surface area (Å²) in [6.07, 6.45) is -20.4. The third-order valence-corrected chi connectivity index (χ3v) is 13.5. The van der Waals surface area contributed by atoms with Gasteiger partial charge in [-0.1, -0.05) is 48.5 Å². The summed E-state index contributed by atoms with van der Waals surface area (Å²) in [6.45, 7) is 5.79. The summed E-state index contributed by atoms with van der Waals surface area (Å²) in [4.78, 5) is 0. The molecule has 1 aliphatic carbocycles. The molecule has 0 radical (unpaired) electrons. The number of aliphatic hydroxyl groups is 2. The zero-order chi connectivity index (χ0) is 69.7. The lowest BCUT2D eigenvalue weighted by Gasteiger charge is -2.31. The largest absolute Gasteiger partial charge is 0.573 e. The molecule has 1 fully saturated rings. The number of alkyl halides is 12. The van der Waals surface area contributed by atoms with E-state index < -0.39 is 62.4 Å². The van der Waals surface area contributed by atoms with E-state index in [2.05, 4.69) is 18.9 Å². The molecule has 0 aliphatic heterocycles. The van der Waals surface area contributed by atoms with Crippen molar-refractivity contribution in [1.82, 2.24) is 0 Å². The van der Waals surface area contributed by atoms with Crippen LogP contribution in [0, 0.1) is 11.8 Å². The van der Waals surface area contributed by atoms with E-state index in [9.17, 15) is 62.9 Å². The highest BCUT2D eigenvalue weighted by Gasteiger charge is 2.34. The van der Waals surface area contributed by atoms with E-state index in [0.29, 0.717) is 35.5 Å². The van der Waals surface area contributed by atoms with Crippen LogP contribution in [0.1, 0.15) is 61.8 Å². The SMILES string of the molecule is CC(OCC1CCC(COC(C)OC(COCCOCCOCC(O)COCc2ccc(OC(F)(F)F)cc2)COCc2ccc(OC(F)(F)F)cc2)CC1)OC(COCCOCCOCC(O)COCc1ccc(OC(F)(F)F)cc1)COCc1ccc(OC(F)(F)F)cc1. The average molecular weight is 1400 g/mol. The van der Waals surface area contributed by atoms with Crippen LogP contribution in [0.3, 0.4) is 0 Å². The Labute approximate surface area is 548 Å². The molecule has 4 aromatic carbocycles. The zero-order valence-electron chi connectivity index (χ0n) is 53.0. The first-order chi connectivity index (χ1) is 45.7. The van der Waals surface area contributed by atoms with Crippen molar-refractivity contribution in [2.24, 2.45) is 11.8 Å². The maximum Gasteiger partial charge on any atom is 0.573 e. The monoisotopic (exact) mass is 1400 g/mol. The van der Waals surface area contributed by atoms with Crippen molar-refractivity contribution in [2.75, 3.05) is 119 Å². The highest BCUT2D eigenvalue weighted by atomic mass is 19.4. The molecule has 32 heteroatoms. The number of ether oxygens (including phenoxy) is 18. The number of halogens is 12. The van der Waals surface area contributed by atoms with Gasteiger partial charge < -0.3 is 95.5 Å². The van der Waals surface area contributed by atoms with Crippen molar-refractivity contribution in [1.29, 1.82) is 0 Å². The minimum absolute atomic E-state index is 0.0395. The molecule has 0 saturated heterocycles. The van der Waals surface area contributed by atoms with E-state index in [1.165, 1.54) is 72.8 Å². The molecule has 0 bridgehead atoms. The molecule has 6 unspecified atom stereocenters. The lowest BCUT2D eigenvalue weighted by Crippen LogP contribution is -2.33. The van der Waals surface area contributed by atoms with Crippen LogP contribution in [-0.4, -0.2) is 192 Å². The van der Waals surface area contributed by atoms with Crippen molar-refractivity contribution in [2.45, 2.75) is 128 Å². The molecule has 96 heavy (non-hydrogen) atoms. The van der Waals surface area contributed by atoms with E-state index in [0.717, 1.165) is 49.9 Å². The quantitative estimate of drug-likeness (QED) is 0.0239. The molecule has 2 N–H and O–H groups in total. The second-order valence-electron chi connectivity index (χ2n) is 21.9. The van der Waals surface area contributed by atoms with Gasteiger partial charge in [0.2, 0.25) is 0 Å². The van der Waals surface area contributed by atoms with Gasteiger partial charge in [0.15, 0.2) is 12.6 Å². The van der Waals surface area contributed by atoms with Crippen molar-refractivity contribution in [3.63, 3.8) is 0 Å². The molecular formula is C64H84F12O20. The Morgan fingerprint density at radius 2 is 0.542 bits per heavy atom. The van der Waals surface area contributed by atoms with Crippen LogP contribution in [0.5, 0.6) is 23.0 Å². The summed E-state index contributed by atoms with van der Waals surface area (Å²) in [5, 5.41) is 20.4. The molecule has 544 valence electrons. The number of rotatable bonds is 50. The van der Waals surface area contributed by atoms with Gasteiger partial charge in [-0.15, -0.1) is 52.7 Å². The first kappa shape index (κ1) is 81.3.